The molecular weight excluding hydrogens is 242 g/mol. The number of rotatable bonds is 2. The summed E-state index contributed by atoms with van der Waals surface area (Å²) in [6.07, 6.45) is 4.86. The highest BCUT2D eigenvalue weighted by Crippen LogP contribution is 2.10. The van der Waals surface area contributed by atoms with Crippen LogP contribution in [0.1, 0.15) is 16.1 Å². The van der Waals surface area contributed by atoms with Crippen molar-refractivity contribution in [3.63, 3.8) is 0 Å². The predicted octanol–water partition coefficient (Wildman–Crippen LogP) is 1.69. The number of nitrogens with one attached hydrogen (secondary N) is 1. The van der Waals surface area contributed by atoms with Crippen molar-refractivity contribution in [2.75, 3.05) is 5.32 Å². The fourth-order valence-corrected chi connectivity index (χ4v) is 1.78. The number of carbonyl (C=O) groups is 1. The van der Waals surface area contributed by atoms with Gasteiger partial charge in [0.15, 0.2) is 5.65 Å². The van der Waals surface area contributed by atoms with Crippen molar-refractivity contribution < 1.29 is 4.79 Å². The molecular formula is C13H11N5O. The number of aromatic nitrogens is 4. The van der Waals surface area contributed by atoms with Crippen molar-refractivity contribution in [1.29, 1.82) is 0 Å². The van der Waals surface area contributed by atoms with Crippen molar-refractivity contribution in [3.05, 3.63) is 54.1 Å². The van der Waals surface area contributed by atoms with E-state index in [0.29, 0.717) is 17.0 Å². The van der Waals surface area contributed by atoms with Gasteiger partial charge in [-0.05, 0) is 25.1 Å². The van der Waals surface area contributed by atoms with E-state index in [-0.39, 0.29) is 5.91 Å². The maximum Gasteiger partial charge on any atom is 0.262 e. The average Bonchev–Trinajstić information content (AvgIpc) is 2.82. The lowest BCUT2D eigenvalue weighted by Crippen LogP contribution is -2.13. The summed E-state index contributed by atoms with van der Waals surface area (Å²) < 4.78 is 1.55. The van der Waals surface area contributed by atoms with Gasteiger partial charge in [0.2, 0.25) is 0 Å². The average molecular weight is 253 g/mol. The van der Waals surface area contributed by atoms with Crippen molar-refractivity contribution in [2.45, 2.75) is 6.92 Å². The molecule has 0 aromatic carbocycles. The molecule has 0 bridgehead atoms. The van der Waals surface area contributed by atoms with E-state index < -0.39 is 0 Å². The summed E-state index contributed by atoms with van der Waals surface area (Å²) in [6.45, 7) is 1.87. The lowest BCUT2D eigenvalue weighted by molar-refractivity contribution is 0.102. The van der Waals surface area contributed by atoms with Crippen LogP contribution in [-0.4, -0.2) is 25.5 Å². The largest absolute Gasteiger partial charge is 0.306 e. The van der Waals surface area contributed by atoms with E-state index in [4.69, 9.17) is 0 Å². The molecule has 3 rings (SSSR count). The highest BCUT2D eigenvalue weighted by Gasteiger charge is 2.13. The predicted molar refractivity (Wildman–Crippen MR) is 69.9 cm³/mol. The Labute approximate surface area is 109 Å². The van der Waals surface area contributed by atoms with Crippen LogP contribution in [0.5, 0.6) is 0 Å². The first kappa shape index (κ1) is 11.3. The van der Waals surface area contributed by atoms with Gasteiger partial charge in [-0.3, -0.25) is 4.79 Å². The smallest absolute Gasteiger partial charge is 0.262 e. The van der Waals surface area contributed by atoms with E-state index in [9.17, 15) is 4.79 Å². The SMILES string of the molecule is Cc1cccc(NC(=O)c2cnn3cccnc23)n1. The maximum absolute atomic E-state index is 12.2. The standard InChI is InChI=1S/C13H11N5O/c1-9-4-2-5-11(16-9)17-13(19)10-8-15-18-7-3-6-14-12(10)18/h2-8H,1H3,(H,16,17,19). The first-order chi connectivity index (χ1) is 9.24. The van der Waals surface area contributed by atoms with Gasteiger partial charge < -0.3 is 5.32 Å². The Morgan fingerprint density at radius 1 is 1.32 bits per heavy atom. The van der Waals surface area contributed by atoms with Gasteiger partial charge in [0, 0.05) is 18.1 Å². The number of nitrogens with zero attached hydrogens (tertiary/aromatic N) is 4. The molecule has 0 spiro atoms. The van der Waals surface area contributed by atoms with E-state index >= 15 is 0 Å². The third kappa shape index (κ3) is 2.15. The Balaban J connectivity index is 1.92. The number of fused-ring (bicyclic) bond motifs is 1. The molecule has 0 saturated heterocycles. The zero-order chi connectivity index (χ0) is 13.2. The highest BCUT2D eigenvalue weighted by molar-refractivity contribution is 6.07. The number of pyridine rings is 1. The molecule has 1 N–H and O–H groups in total. The quantitative estimate of drug-likeness (QED) is 0.754. The second kappa shape index (κ2) is 4.49. The number of carbonyl (C=O) groups excluding carboxylic acids is 1. The molecule has 19 heavy (non-hydrogen) atoms. The Kier molecular flexibility index (Phi) is 2.68. The van der Waals surface area contributed by atoms with Crippen LogP contribution in [0.25, 0.3) is 5.65 Å². The van der Waals surface area contributed by atoms with Crippen LogP contribution >= 0.6 is 0 Å². The number of hydrogen-bond donors (Lipinski definition) is 1. The molecule has 0 fully saturated rings. The van der Waals surface area contributed by atoms with Crippen molar-refractivity contribution in [3.8, 4) is 0 Å². The molecule has 0 aliphatic heterocycles. The minimum atomic E-state index is -0.271. The number of aryl methyl sites for hydroxylation is 1. The number of amides is 1. The molecule has 3 aromatic heterocycles. The minimum Gasteiger partial charge on any atom is -0.306 e. The van der Waals surface area contributed by atoms with Gasteiger partial charge in [0.05, 0.1) is 6.20 Å². The van der Waals surface area contributed by atoms with Crippen LogP contribution in [-0.2, 0) is 0 Å². The second-order valence-electron chi connectivity index (χ2n) is 4.06. The van der Waals surface area contributed by atoms with Gasteiger partial charge >= 0.3 is 0 Å². The summed E-state index contributed by atoms with van der Waals surface area (Å²) in [4.78, 5) is 20.5. The summed E-state index contributed by atoms with van der Waals surface area (Å²) in [5.41, 5.74) is 1.78. The first-order valence-electron chi connectivity index (χ1n) is 5.77. The molecule has 0 radical (unpaired) electrons. The number of hydrogen-bond acceptors (Lipinski definition) is 4. The molecule has 1 amide bonds. The van der Waals surface area contributed by atoms with E-state index in [1.54, 1.807) is 29.0 Å². The van der Waals surface area contributed by atoms with E-state index in [1.165, 1.54) is 6.20 Å². The van der Waals surface area contributed by atoms with E-state index in [2.05, 4.69) is 20.4 Å². The van der Waals surface area contributed by atoms with E-state index in [1.807, 2.05) is 19.1 Å². The molecule has 6 heteroatoms. The molecule has 0 aliphatic rings. The second-order valence-corrected chi connectivity index (χ2v) is 4.06. The molecule has 3 aromatic rings. The van der Waals surface area contributed by atoms with Crippen molar-refractivity contribution >= 4 is 17.4 Å². The Hall–Kier alpha value is -2.76. The zero-order valence-electron chi connectivity index (χ0n) is 10.2. The van der Waals surface area contributed by atoms with Crippen molar-refractivity contribution in [2.24, 2.45) is 0 Å². The summed E-state index contributed by atoms with van der Waals surface area (Å²) in [6, 6.07) is 7.20. The molecule has 6 nitrogen and oxygen atoms in total. The van der Waals surface area contributed by atoms with Crippen LogP contribution < -0.4 is 5.32 Å². The lowest BCUT2D eigenvalue weighted by atomic mass is 10.3. The van der Waals surface area contributed by atoms with Gasteiger partial charge in [-0.1, -0.05) is 6.07 Å². The number of anilines is 1. The maximum atomic E-state index is 12.2. The molecule has 94 valence electrons. The van der Waals surface area contributed by atoms with Gasteiger partial charge in [-0.2, -0.15) is 5.10 Å². The lowest BCUT2D eigenvalue weighted by Gasteiger charge is -2.03. The van der Waals surface area contributed by atoms with E-state index in [0.717, 1.165) is 5.69 Å². The Bertz CT molecular complexity index is 749. The first-order valence-corrected chi connectivity index (χ1v) is 5.77. The van der Waals surface area contributed by atoms with Crippen LogP contribution in [0.4, 0.5) is 5.82 Å². The summed E-state index contributed by atoms with van der Waals surface area (Å²) >= 11 is 0. The fraction of sp³-hybridized carbons (Fsp3) is 0.0769. The zero-order valence-corrected chi connectivity index (χ0v) is 10.2. The van der Waals surface area contributed by atoms with Gasteiger partial charge in [0.1, 0.15) is 11.4 Å². The van der Waals surface area contributed by atoms with Crippen LogP contribution in [0.15, 0.2) is 42.9 Å². The minimum absolute atomic E-state index is 0.271. The van der Waals surface area contributed by atoms with Crippen LogP contribution in [0, 0.1) is 6.92 Å². The molecule has 0 aliphatic carbocycles. The molecule has 3 heterocycles. The summed E-state index contributed by atoms with van der Waals surface area (Å²) in [5, 5.41) is 6.81. The van der Waals surface area contributed by atoms with Gasteiger partial charge in [-0.15, -0.1) is 0 Å². The summed E-state index contributed by atoms with van der Waals surface area (Å²) in [5.74, 6) is 0.243. The summed E-state index contributed by atoms with van der Waals surface area (Å²) in [7, 11) is 0. The molecule has 0 atom stereocenters. The normalized spacial score (nSPS) is 10.6. The van der Waals surface area contributed by atoms with Crippen LogP contribution in [0.3, 0.4) is 0 Å². The monoisotopic (exact) mass is 253 g/mol. The Morgan fingerprint density at radius 3 is 3.05 bits per heavy atom. The van der Waals surface area contributed by atoms with Gasteiger partial charge in [0.25, 0.3) is 5.91 Å². The highest BCUT2D eigenvalue weighted by atomic mass is 16.1. The molecule has 0 unspecified atom stereocenters. The van der Waals surface area contributed by atoms with Crippen molar-refractivity contribution in [1.82, 2.24) is 19.6 Å². The third-order valence-corrected chi connectivity index (χ3v) is 2.65. The van der Waals surface area contributed by atoms with Gasteiger partial charge in [-0.25, -0.2) is 14.5 Å². The fourth-order valence-electron chi connectivity index (χ4n) is 1.78. The topological polar surface area (TPSA) is 72.2 Å². The van der Waals surface area contributed by atoms with Crippen LogP contribution in [0.2, 0.25) is 0 Å². The molecule has 0 saturated carbocycles. The third-order valence-electron chi connectivity index (χ3n) is 2.65. The Morgan fingerprint density at radius 2 is 2.21 bits per heavy atom.